The maximum absolute atomic E-state index is 13.7. The number of rotatable bonds is 2. The van der Waals surface area contributed by atoms with E-state index >= 15 is 0 Å². The van der Waals surface area contributed by atoms with Crippen molar-refractivity contribution in [3.8, 4) is 0 Å². The Kier molecular flexibility index (Phi) is 7.71. The molecule has 1 N–H and O–H groups in total. The minimum Gasteiger partial charge on any atom is -0.369 e. The molecular weight excluding hydrogens is 312 g/mol. The summed E-state index contributed by atoms with van der Waals surface area (Å²) in [6, 6.07) is 1.79. The summed E-state index contributed by atoms with van der Waals surface area (Å²) in [6.45, 7) is 4.30. The summed E-state index contributed by atoms with van der Waals surface area (Å²) in [7, 11) is 0. The second-order valence-electron chi connectivity index (χ2n) is 5.74. The first-order chi connectivity index (χ1) is 9.34. The predicted molar refractivity (Wildman–Crippen MR) is 89.2 cm³/mol. The van der Waals surface area contributed by atoms with Crippen LogP contribution in [0.15, 0.2) is 18.5 Å². The van der Waals surface area contributed by atoms with Crippen LogP contribution in [0.25, 0.3) is 0 Å². The van der Waals surface area contributed by atoms with Crippen molar-refractivity contribution in [2.24, 2.45) is 11.8 Å². The number of nitrogens with zero attached hydrogens (tertiary/aromatic N) is 2. The van der Waals surface area contributed by atoms with Gasteiger partial charge in [0.05, 0.1) is 11.9 Å². The van der Waals surface area contributed by atoms with E-state index in [0.717, 1.165) is 30.6 Å². The van der Waals surface area contributed by atoms with Gasteiger partial charge < -0.3 is 10.2 Å². The van der Waals surface area contributed by atoms with E-state index in [1.165, 1.54) is 45.0 Å². The summed E-state index contributed by atoms with van der Waals surface area (Å²) < 4.78 is 13.7. The van der Waals surface area contributed by atoms with Crippen LogP contribution in [0.1, 0.15) is 25.7 Å². The van der Waals surface area contributed by atoms with Crippen LogP contribution in [0.2, 0.25) is 0 Å². The first kappa shape index (κ1) is 18.5. The summed E-state index contributed by atoms with van der Waals surface area (Å²) in [6.07, 6.45) is 8.02. The summed E-state index contributed by atoms with van der Waals surface area (Å²) in [5, 5.41) is 3.43. The molecule has 0 radical (unpaired) electrons. The van der Waals surface area contributed by atoms with Crippen LogP contribution in [0.5, 0.6) is 0 Å². The van der Waals surface area contributed by atoms with Crippen molar-refractivity contribution in [2.75, 3.05) is 31.1 Å². The Labute approximate surface area is 138 Å². The Bertz CT molecular complexity index is 419. The molecule has 0 aliphatic carbocycles. The van der Waals surface area contributed by atoms with E-state index in [1.54, 1.807) is 12.3 Å². The number of pyridine rings is 1. The molecule has 3 rings (SSSR count). The molecule has 0 bridgehead atoms. The molecular formula is C15H24Cl2FN3. The molecule has 3 nitrogen and oxygen atoms in total. The summed E-state index contributed by atoms with van der Waals surface area (Å²) in [4.78, 5) is 5.99. The van der Waals surface area contributed by atoms with Gasteiger partial charge in [0, 0.05) is 19.3 Å². The highest BCUT2D eigenvalue weighted by molar-refractivity contribution is 5.85. The maximum atomic E-state index is 13.7. The van der Waals surface area contributed by atoms with Crippen LogP contribution >= 0.6 is 24.8 Å². The molecule has 0 amide bonds. The van der Waals surface area contributed by atoms with Gasteiger partial charge in [-0.15, -0.1) is 24.8 Å². The largest absolute Gasteiger partial charge is 0.369 e. The van der Waals surface area contributed by atoms with Crippen molar-refractivity contribution in [1.82, 2.24) is 10.3 Å². The Morgan fingerprint density at radius 2 is 1.67 bits per heavy atom. The smallest absolute Gasteiger partial charge is 0.164 e. The predicted octanol–water partition coefficient (Wildman–Crippen LogP) is 3.28. The fraction of sp³-hybridized carbons (Fsp3) is 0.667. The molecule has 0 saturated carbocycles. The molecule has 2 aliphatic rings. The number of halogens is 3. The highest BCUT2D eigenvalue weighted by atomic mass is 35.5. The first-order valence-electron chi connectivity index (χ1n) is 7.40. The third-order valence-electron chi connectivity index (χ3n) is 4.68. The number of hydrogen-bond acceptors (Lipinski definition) is 3. The van der Waals surface area contributed by atoms with E-state index in [9.17, 15) is 4.39 Å². The van der Waals surface area contributed by atoms with E-state index in [2.05, 4.69) is 15.2 Å². The molecule has 1 aromatic heterocycles. The van der Waals surface area contributed by atoms with Crippen molar-refractivity contribution >= 4 is 30.5 Å². The van der Waals surface area contributed by atoms with Crippen LogP contribution in [0.3, 0.4) is 0 Å². The van der Waals surface area contributed by atoms with Gasteiger partial charge in [0.25, 0.3) is 0 Å². The highest BCUT2D eigenvalue weighted by Gasteiger charge is 2.28. The van der Waals surface area contributed by atoms with Crippen molar-refractivity contribution in [3.63, 3.8) is 0 Å². The van der Waals surface area contributed by atoms with Crippen LogP contribution in [-0.2, 0) is 0 Å². The molecule has 2 saturated heterocycles. The zero-order chi connectivity index (χ0) is 13.1. The fourth-order valence-corrected chi connectivity index (χ4v) is 3.55. The van der Waals surface area contributed by atoms with E-state index in [-0.39, 0.29) is 30.6 Å². The van der Waals surface area contributed by atoms with Crippen molar-refractivity contribution < 1.29 is 4.39 Å². The lowest BCUT2D eigenvalue weighted by Gasteiger charge is -2.38. The van der Waals surface area contributed by atoms with Crippen LogP contribution in [-0.4, -0.2) is 31.2 Å². The molecule has 6 heteroatoms. The van der Waals surface area contributed by atoms with Crippen LogP contribution in [0, 0.1) is 17.7 Å². The molecule has 0 aromatic carbocycles. The lowest BCUT2D eigenvalue weighted by Crippen LogP contribution is -2.39. The lowest BCUT2D eigenvalue weighted by molar-refractivity contribution is 0.221. The van der Waals surface area contributed by atoms with Crippen molar-refractivity contribution in [1.29, 1.82) is 0 Å². The lowest BCUT2D eigenvalue weighted by atomic mass is 9.79. The zero-order valence-electron chi connectivity index (χ0n) is 12.1. The highest BCUT2D eigenvalue weighted by Crippen LogP contribution is 2.32. The number of hydrogen-bond donors (Lipinski definition) is 1. The van der Waals surface area contributed by atoms with Crippen molar-refractivity contribution in [3.05, 3.63) is 24.3 Å². The Hall–Kier alpha value is -0.580. The third kappa shape index (κ3) is 4.44. The van der Waals surface area contributed by atoms with Gasteiger partial charge in [0.15, 0.2) is 5.82 Å². The SMILES string of the molecule is Cl.Cl.Fc1cnccc1N1CCC(C2CCNCC2)CC1. The molecule has 120 valence electrons. The van der Waals surface area contributed by atoms with E-state index in [0.29, 0.717) is 0 Å². The third-order valence-corrected chi connectivity index (χ3v) is 4.68. The molecule has 2 aliphatic heterocycles. The topological polar surface area (TPSA) is 28.2 Å². The average Bonchev–Trinajstić information content (AvgIpc) is 2.49. The molecule has 21 heavy (non-hydrogen) atoms. The minimum atomic E-state index is -0.192. The van der Waals surface area contributed by atoms with Gasteiger partial charge in [-0.2, -0.15) is 0 Å². The number of aromatic nitrogens is 1. The Balaban J connectivity index is 0.00000110. The van der Waals surface area contributed by atoms with Gasteiger partial charge >= 0.3 is 0 Å². The van der Waals surface area contributed by atoms with E-state index in [1.807, 2.05) is 0 Å². The van der Waals surface area contributed by atoms with Crippen LogP contribution < -0.4 is 10.2 Å². The minimum absolute atomic E-state index is 0. The molecule has 0 unspecified atom stereocenters. The van der Waals surface area contributed by atoms with Crippen LogP contribution in [0.4, 0.5) is 10.1 Å². The molecule has 2 fully saturated rings. The monoisotopic (exact) mass is 335 g/mol. The van der Waals surface area contributed by atoms with E-state index in [4.69, 9.17) is 0 Å². The Morgan fingerprint density at radius 1 is 1.05 bits per heavy atom. The second-order valence-corrected chi connectivity index (χ2v) is 5.74. The first-order valence-corrected chi connectivity index (χ1v) is 7.40. The number of piperidine rings is 2. The van der Waals surface area contributed by atoms with E-state index < -0.39 is 0 Å². The zero-order valence-corrected chi connectivity index (χ0v) is 13.8. The quantitative estimate of drug-likeness (QED) is 0.898. The molecule has 0 spiro atoms. The molecule has 1 aromatic rings. The van der Waals surface area contributed by atoms with Gasteiger partial charge in [-0.1, -0.05) is 0 Å². The average molecular weight is 336 g/mol. The second kappa shape index (κ2) is 8.76. The van der Waals surface area contributed by atoms with Crippen molar-refractivity contribution in [2.45, 2.75) is 25.7 Å². The summed E-state index contributed by atoms with van der Waals surface area (Å²) in [5.41, 5.74) is 0.721. The summed E-state index contributed by atoms with van der Waals surface area (Å²) >= 11 is 0. The van der Waals surface area contributed by atoms with Gasteiger partial charge in [0.2, 0.25) is 0 Å². The Morgan fingerprint density at radius 3 is 2.29 bits per heavy atom. The normalized spacial score (nSPS) is 20.5. The molecule has 3 heterocycles. The number of nitrogens with one attached hydrogen (secondary N) is 1. The fourth-order valence-electron chi connectivity index (χ4n) is 3.55. The van der Waals surface area contributed by atoms with Gasteiger partial charge in [0.1, 0.15) is 0 Å². The summed E-state index contributed by atoms with van der Waals surface area (Å²) in [5.74, 6) is 1.52. The van der Waals surface area contributed by atoms with Gasteiger partial charge in [-0.05, 0) is 56.7 Å². The van der Waals surface area contributed by atoms with Gasteiger partial charge in [-0.3, -0.25) is 4.98 Å². The number of anilines is 1. The standard InChI is InChI=1S/C15H22FN3.2ClH/c16-14-11-18-8-3-15(14)19-9-4-13(5-10-19)12-1-6-17-7-2-12;;/h3,8,11-13,17H,1-2,4-7,9-10H2;2*1H. The maximum Gasteiger partial charge on any atom is 0.164 e. The van der Waals surface area contributed by atoms with Gasteiger partial charge in [-0.25, -0.2) is 4.39 Å². The molecule has 0 atom stereocenters.